The number of esters is 1. The minimum atomic E-state index is -0.388. The number of hydrogen-bond donors (Lipinski definition) is 0. The lowest BCUT2D eigenvalue weighted by atomic mass is 10.3. The summed E-state index contributed by atoms with van der Waals surface area (Å²) in [5, 5.41) is 0.396. The third-order valence-corrected chi connectivity index (χ3v) is 5.55. The van der Waals surface area contributed by atoms with Gasteiger partial charge in [0.25, 0.3) is 0 Å². The monoisotopic (exact) mass is 427 g/mol. The lowest BCUT2D eigenvalue weighted by Crippen LogP contribution is -2.37. The Morgan fingerprint density at radius 3 is 2.44 bits per heavy atom. The predicted octanol–water partition coefficient (Wildman–Crippen LogP) is 2.93. The van der Waals surface area contributed by atoms with Gasteiger partial charge >= 0.3 is 5.97 Å². The highest BCUT2D eigenvalue weighted by Gasteiger charge is 2.28. The molecule has 1 aromatic carbocycles. The Morgan fingerprint density at radius 2 is 1.89 bits per heavy atom. The molecule has 0 saturated carbocycles. The average molecular weight is 428 g/mol. The lowest BCUT2D eigenvalue weighted by Gasteiger charge is -2.26. The maximum Gasteiger partial charge on any atom is 0.308 e. The van der Waals surface area contributed by atoms with Gasteiger partial charge in [-0.1, -0.05) is 36.1 Å². The van der Waals surface area contributed by atoms with Gasteiger partial charge in [-0.2, -0.15) is 0 Å². The molecule has 0 amide bonds. The lowest BCUT2D eigenvalue weighted by molar-refractivity contribution is -0.132. The van der Waals surface area contributed by atoms with E-state index in [-0.39, 0.29) is 23.5 Å². The number of rotatable bonds is 6. The average Bonchev–Trinajstić information content (AvgIpc) is 3.23. The number of carbonyl (C=O) groups excluding carboxylic acids is 3. The van der Waals surface area contributed by atoms with Crippen LogP contribution in [-0.2, 0) is 14.4 Å². The molecular formula is C18H21NO5S3. The zero-order chi connectivity index (χ0) is 19.8. The van der Waals surface area contributed by atoms with Crippen LogP contribution in [0.3, 0.4) is 0 Å². The maximum atomic E-state index is 11.2. The van der Waals surface area contributed by atoms with E-state index in [1.807, 2.05) is 11.0 Å². The Kier molecular flexibility index (Phi) is 8.59. The van der Waals surface area contributed by atoms with Crippen LogP contribution in [0.15, 0.2) is 24.3 Å². The molecule has 6 nitrogen and oxygen atoms in total. The predicted molar refractivity (Wildman–Crippen MR) is 112 cm³/mol. The first-order chi connectivity index (χ1) is 12.9. The van der Waals surface area contributed by atoms with Crippen molar-refractivity contribution in [1.29, 1.82) is 0 Å². The van der Waals surface area contributed by atoms with Crippen LogP contribution in [0.25, 0.3) is 0 Å². The van der Waals surface area contributed by atoms with Crippen LogP contribution in [0.4, 0.5) is 0 Å². The highest BCUT2D eigenvalue weighted by atomic mass is 32.2. The molecule has 2 heterocycles. The van der Waals surface area contributed by atoms with Crippen LogP contribution >= 0.6 is 35.7 Å². The molecule has 0 aromatic heterocycles. The van der Waals surface area contributed by atoms with Crippen molar-refractivity contribution in [2.45, 2.75) is 25.6 Å². The van der Waals surface area contributed by atoms with Crippen molar-refractivity contribution >= 4 is 57.6 Å². The Balaban J connectivity index is 0.000000576. The molecule has 0 aliphatic carbocycles. The van der Waals surface area contributed by atoms with E-state index in [0.717, 1.165) is 18.1 Å². The molecule has 2 saturated heterocycles. The second kappa shape index (κ2) is 10.7. The van der Waals surface area contributed by atoms with E-state index in [9.17, 15) is 14.4 Å². The fourth-order valence-corrected chi connectivity index (χ4v) is 3.96. The smallest absolute Gasteiger partial charge is 0.308 e. The van der Waals surface area contributed by atoms with Crippen molar-refractivity contribution in [1.82, 2.24) is 4.90 Å². The molecule has 3 rings (SSSR count). The third kappa shape index (κ3) is 7.90. The summed E-state index contributed by atoms with van der Waals surface area (Å²) < 4.78 is 11.0. The molecule has 1 atom stereocenters. The number of Topliss-reactive ketones (excluding diaryl/α,β-unsaturated/α-hetero) is 1. The summed E-state index contributed by atoms with van der Waals surface area (Å²) >= 11 is 8.47. The molecule has 146 valence electrons. The Hall–Kier alpha value is -1.58. The van der Waals surface area contributed by atoms with Gasteiger partial charge in [0.2, 0.25) is 0 Å². The number of thiocarbonyl (C=S) groups is 1. The molecule has 9 heteroatoms. The second-order valence-corrected chi connectivity index (χ2v) is 8.59. The van der Waals surface area contributed by atoms with Gasteiger partial charge in [-0.25, -0.2) is 0 Å². The first-order valence-corrected chi connectivity index (χ1v) is 10.8. The number of ketones is 1. The first kappa shape index (κ1) is 21.7. The fraction of sp³-hybridized carbons (Fsp3) is 0.444. The van der Waals surface area contributed by atoms with E-state index in [4.69, 9.17) is 21.7 Å². The van der Waals surface area contributed by atoms with E-state index in [2.05, 4.69) is 0 Å². The quantitative estimate of drug-likeness (QED) is 0.295. The van der Waals surface area contributed by atoms with Gasteiger partial charge in [0.15, 0.2) is 16.6 Å². The third-order valence-electron chi connectivity index (χ3n) is 3.46. The number of benzene rings is 1. The molecule has 0 radical (unpaired) electrons. The number of ether oxygens (including phenoxy) is 2. The molecule has 27 heavy (non-hydrogen) atoms. The van der Waals surface area contributed by atoms with Crippen molar-refractivity contribution in [3.05, 3.63) is 24.3 Å². The zero-order valence-electron chi connectivity index (χ0n) is 15.1. The fourth-order valence-electron chi connectivity index (χ4n) is 2.26. The van der Waals surface area contributed by atoms with Gasteiger partial charge in [-0.3, -0.25) is 14.4 Å². The molecule has 2 aliphatic rings. The molecule has 2 aliphatic heterocycles. The summed E-state index contributed by atoms with van der Waals surface area (Å²) in [6.45, 7) is 4.11. The highest BCUT2D eigenvalue weighted by Crippen LogP contribution is 2.30. The van der Waals surface area contributed by atoms with Crippen molar-refractivity contribution in [2.75, 3.05) is 24.7 Å². The Morgan fingerprint density at radius 1 is 1.26 bits per heavy atom. The van der Waals surface area contributed by atoms with Crippen LogP contribution in [-0.4, -0.2) is 56.8 Å². The topological polar surface area (TPSA) is 72.9 Å². The molecule has 0 bridgehead atoms. The molecule has 0 spiro atoms. The summed E-state index contributed by atoms with van der Waals surface area (Å²) in [5.41, 5.74) is 0. The Labute approximate surface area is 172 Å². The van der Waals surface area contributed by atoms with E-state index in [1.165, 1.54) is 25.6 Å². The molecular weight excluding hydrogens is 406 g/mol. The van der Waals surface area contributed by atoms with E-state index in [1.54, 1.807) is 30.0 Å². The zero-order valence-corrected chi connectivity index (χ0v) is 17.6. The molecule has 2 fully saturated rings. The van der Waals surface area contributed by atoms with Crippen LogP contribution < -0.4 is 9.47 Å². The van der Waals surface area contributed by atoms with E-state index >= 15 is 0 Å². The molecule has 1 unspecified atom stereocenters. The van der Waals surface area contributed by atoms with Crippen LogP contribution in [0.5, 0.6) is 11.5 Å². The number of nitrogens with zero attached hydrogens (tertiary/aromatic N) is 1. The van der Waals surface area contributed by atoms with Crippen molar-refractivity contribution < 1.29 is 23.9 Å². The van der Waals surface area contributed by atoms with Crippen LogP contribution in [0.2, 0.25) is 0 Å². The second-order valence-electron chi connectivity index (χ2n) is 5.80. The van der Waals surface area contributed by atoms with Crippen molar-refractivity contribution in [2.24, 2.45) is 0 Å². The SMILES string of the molecule is CC(=O)CC(=S)N1CCSC1COc1ccccc1OC(C)=O.O=C1CS1. The van der Waals surface area contributed by atoms with Gasteiger partial charge in [-0.05, 0) is 19.1 Å². The van der Waals surface area contributed by atoms with Gasteiger partial charge in [0, 0.05) is 19.2 Å². The molecule has 0 N–H and O–H groups in total. The largest absolute Gasteiger partial charge is 0.487 e. The van der Waals surface area contributed by atoms with Gasteiger partial charge < -0.3 is 14.4 Å². The van der Waals surface area contributed by atoms with Gasteiger partial charge in [0.05, 0.1) is 17.2 Å². The summed E-state index contributed by atoms with van der Waals surface area (Å²) in [4.78, 5) is 34.6. The maximum absolute atomic E-state index is 11.2. The van der Waals surface area contributed by atoms with E-state index in [0.29, 0.717) is 28.2 Å². The number of hydrogen-bond acceptors (Lipinski definition) is 8. The van der Waals surface area contributed by atoms with Crippen LogP contribution in [0, 0.1) is 0 Å². The van der Waals surface area contributed by atoms with Gasteiger partial charge in [0.1, 0.15) is 17.8 Å². The summed E-state index contributed by atoms with van der Waals surface area (Å²) in [5.74, 6) is 2.30. The minimum absolute atomic E-state index is 0.0618. The minimum Gasteiger partial charge on any atom is -0.487 e. The first-order valence-electron chi connectivity index (χ1n) is 8.33. The number of thioether (sulfide) groups is 2. The highest BCUT2D eigenvalue weighted by molar-refractivity contribution is 8.24. The van der Waals surface area contributed by atoms with Crippen LogP contribution in [0.1, 0.15) is 20.3 Å². The van der Waals surface area contributed by atoms with Crippen molar-refractivity contribution in [3.8, 4) is 11.5 Å². The normalized spacial score (nSPS) is 17.6. The summed E-state index contributed by atoms with van der Waals surface area (Å²) in [7, 11) is 0. The van der Waals surface area contributed by atoms with Gasteiger partial charge in [-0.15, -0.1) is 11.8 Å². The number of carbonyl (C=O) groups is 3. The standard InChI is InChI=1S/C16H19NO4S2.C2H2OS/c1-11(18)9-15(22)17-7-8-23-16(17)10-20-13-5-3-4-6-14(13)21-12(2)19;3-2-1-4-2/h3-6,16H,7-10H2,1-2H3;1H2. The van der Waals surface area contributed by atoms with E-state index < -0.39 is 0 Å². The number of para-hydroxylation sites is 2. The summed E-state index contributed by atoms with van der Waals surface area (Å²) in [6.07, 6.45) is 0.288. The van der Waals surface area contributed by atoms with Crippen molar-refractivity contribution in [3.63, 3.8) is 0 Å². The summed E-state index contributed by atoms with van der Waals surface area (Å²) in [6, 6.07) is 7.05. The Bertz CT molecular complexity index is 719. The molecule has 1 aromatic rings.